The van der Waals surface area contributed by atoms with Crippen molar-refractivity contribution in [2.24, 2.45) is 5.41 Å². The highest BCUT2D eigenvalue weighted by atomic mass is 19.1. The molecule has 0 aliphatic carbocycles. The average molecular weight is 416 g/mol. The van der Waals surface area contributed by atoms with E-state index in [1.54, 1.807) is 6.07 Å². The molecule has 7 nitrogen and oxygen atoms in total. The predicted octanol–water partition coefficient (Wildman–Crippen LogP) is 3.69. The van der Waals surface area contributed by atoms with Gasteiger partial charge in [0, 0.05) is 37.0 Å². The van der Waals surface area contributed by atoms with E-state index in [-0.39, 0.29) is 18.2 Å². The SMILES string of the molecule is CC(C)(C)C(=O)NCCCC(=O)Nc1ccc(F)c(-c2nnc3n2CCCCC3)c1. The van der Waals surface area contributed by atoms with E-state index in [0.29, 0.717) is 30.0 Å². The van der Waals surface area contributed by atoms with Gasteiger partial charge in [-0.2, -0.15) is 0 Å². The van der Waals surface area contributed by atoms with Gasteiger partial charge in [0.25, 0.3) is 0 Å². The van der Waals surface area contributed by atoms with Gasteiger partial charge in [-0.25, -0.2) is 4.39 Å². The van der Waals surface area contributed by atoms with Crippen LogP contribution in [-0.4, -0.2) is 33.1 Å². The topological polar surface area (TPSA) is 88.9 Å². The maximum atomic E-state index is 14.5. The number of amides is 2. The van der Waals surface area contributed by atoms with Gasteiger partial charge < -0.3 is 15.2 Å². The van der Waals surface area contributed by atoms with Crippen molar-refractivity contribution in [2.75, 3.05) is 11.9 Å². The van der Waals surface area contributed by atoms with Gasteiger partial charge >= 0.3 is 0 Å². The minimum Gasteiger partial charge on any atom is -0.356 e. The van der Waals surface area contributed by atoms with E-state index in [1.165, 1.54) is 12.1 Å². The molecule has 2 heterocycles. The molecule has 162 valence electrons. The summed E-state index contributed by atoms with van der Waals surface area (Å²) in [7, 11) is 0. The lowest BCUT2D eigenvalue weighted by molar-refractivity contribution is -0.128. The van der Waals surface area contributed by atoms with E-state index in [9.17, 15) is 14.0 Å². The fourth-order valence-electron chi connectivity index (χ4n) is 3.40. The molecular weight excluding hydrogens is 385 g/mol. The van der Waals surface area contributed by atoms with Crippen molar-refractivity contribution in [3.63, 3.8) is 0 Å². The van der Waals surface area contributed by atoms with Crippen molar-refractivity contribution in [1.29, 1.82) is 0 Å². The molecule has 1 aliphatic heterocycles. The van der Waals surface area contributed by atoms with Crippen molar-refractivity contribution >= 4 is 17.5 Å². The fraction of sp³-hybridized carbons (Fsp3) is 0.545. The van der Waals surface area contributed by atoms with Crippen molar-refractivity contribution in [1.82, 2.24) is 20.1 Å². The first-order chi connectivity index (χ1) is 14.3. The molecule has 0 saturated heterocycles. The number of anilines is 1. The summed E-state index contributed by atoms with van der Waals surface area (Å²) in [6.45, 7) is 6.73. The van der Waals surface area contributed by atoms with Crippen LogP contribution in [0.3, 0.4) is 0 Å². The van der Waals surface area contributed by atoms with Gasteiger partial charge in [-0.15, -0.1) is 10.2 Å². The molecule has 0 fully saturated rings. The number of carbonyl (C=O) groups is 2. The summed E-state index contributed by atoms with van der Waals surface area (Å²) in [6.07, 6.45) is 4.83. The molecule has 0 unspecified atom stereocenters. The third-order valence-corrected chi connectivity index (χ3v) is 5.15. The quantitative estimate of drug-likeness (QED) is 0.704. The van der Waals surface area contributed by atoms with Gasteiger partial charge in [-0.3, -0.25) is 9.59 Å². The molecule has 30 heavy (non-hydrogen) atoms. The third kappa shape index (κ3) is 5.43. The summed E-state index contributed by atoms with van der Waals surface area (Å²) in [5.74, 6) is 0.771. The van der Waals surface area contributed by atoms with Crippen molar-refractivity contribution in [3.8, 4) is 11.4 Å². The number of benzene rings is 1. The molecule has 1 aliphatic rings. The summed E-state index contributed by atoms with van der Waals surface area (Å²) in [4.78, 5) is 24.1. The Morgan fingerprint density at radius 3 is 2.73 bits per heavy atom. The molecule has 0 atom stereocenters. The standard InChI is InChI=1S/C22H30FN5O2/c1-22(2,3)21(30)24-12-7-9-19(29)25-15-10-11-17(23)16(14-15)20-27-26-18-8-5-4-6-13-28(18)20/h10-11,14H,4-9,12-13H2,1-3H3,(H,24,30)(H,25,29). The van der Waals surface area contributed by atoms with Crippen LogP contribution in [0, 0.1) is 11.2 Å². The van der Waals surface area contributed by atoms with Crippen molar-refractivity contribution < 1.29 is 14.0 Å². The van der Waals surface area contributed by atoms with Gasteiger partial charge in [0.05, 0.1) is 5.56 Å². The third-order valence-electron chi connectivity index (χ3n) is 5.15. The zero-order chi connectivity index (χ0) is 21.7. The molecule has 1 aromatic carbocycles. The van der Waals surface area contributed by atoms with E-state index >= 15 is 0 Å². The summed E-state index contributed by atoms with van der Waals surface area (Å²) < 4.78 is 16.5. The second kappa shape index (κ2) is 9.36. The Morgan fingerprint density at radius 1 is 1.17 bits per heavy atom. The molecule has 2 aromatic rings. The second-order valence-electron chi connectivity index (χ2n) is 8.75. The van der Waals surface area contributed by atoms with Crippen molar-refractivity contribution in [2.45, 2.75) is 65.8 Å². The lowest BCUT2D eigenvalue weighted by Gasteiger charge is -2.17. The van der Waals surface area contributed by atoms with Gasteiger partial charge in [-0.05, 0) is 37.5 Å². The summed E-state index contributed by atoms with van der Waals surface area (Å²) in [5, 5.41) is 14.1. The summed E-state index contributed by atoms with van der Waals surface area (Å²) >= 11 is 0. The molecule has 3 rings (SSSR count). The monoisotopic (exact) mass is 415 g/mol. The van der Waals surface area contributed by atoms with Crippen LogP contribution < -0.4 is 10.6 Å². The van der Waals surface area contributed by atoms with E-state index < -0.39 is 11.2 Å². The number of hydrogen-bond donors (Lipinski definition) is 2. The zero-order valence-corrected chi connectivity index (χ0v) is 17.9. The van der Waals surface area contributed by atoms with Crippen LogP contribution >= 0.6 is 0 Å². The highest BCUT2D eigenvalue weighted by molar-refractivity contribution is 5.91. The molecule has 0 radical (unpaired) electrons. The second-order valence-corrected chi connectivity index (χ2v) is 8.75. The van der Waals surface area contributed by atoms with Gasteiger partial charge in [-0.1, -0.05) is 27.2 Å². The average Bonchev–Trinajstić information content (AvgIpc) is 2.93. The molecule has 0 bridgehead atoms. The first-order valence-corrected chi connectivity index (χ1v) is 10.6. The summed E-state index contributed by atoms with van der Waals surface area (Å²) in [5.41, 5.74) is 0.402. The van der Waals surface area contributed by atoms with E-state index in [0.717, 1.165) is 38.1 Å². The first-order valence-electron chi connectivity index (χ1n) is 10.6. The zero-order valence-electron chi connectivity index (χ0n) is 17.9. The molecule has 2 amide bonds. The molecule has 2 N–H and O–H groups in total. The molecule has 8 heteroatoms. The normalized spacial score (nSPS) is 14.0. The van der Waals surface area contributed by atoms with Crippen LogP contribution in [0.5, 0.6) is 0 Å². The number of carbonyl (C=O) groups excluding carboxylic acids is 2. The molecule has 0 saturated carbocycles. The summed E-state index contributed by atoms with van der Waals surface area (Å²) in [6, 6.07) is 4.49. The highest BCUT2D eigenvalue weighted by Gasteiger charge is 2.21. The fourth-order valence-corrected chi connectivity index (χ4v) is 3.40. The number of nitrogens with zero attached hydrogens (tertiary/aromatic N) is 3. The largest absolute Gasteiger partial charge is 0.356 e. The highest BCUT2D eigenvalue weighted by Crippen LogP contribution is 2.27. The number of halogens is 1. The predicted molar refractivity (Wildman–Crippen MR) is 113 cm³/mol. The van der Waals surface area contributed by atoms with Crippen molar-refractivity contribution in [3.05, 3.63) is 29.8 Å². The van der Waals surface area contributed by atoms with E-state index in [2.05, 4.69) is 20.8 Å². The Labute approximate surface area is 176 Å². The smallest absolute Gasteiger partial charge is 0.225 e. The van der Waals surface area contributed by atoms with Gasteiger partial charge in [0.1, 0.15) is 11.6 Å². The van der Waals surface area contributed by atoms with Gasteiger partial charge in [0.15, 0.2) is 5.82 Å². The number of fused-ring (bicyclic) bond motifs is 1. The van der Waals surface area contributed by atoms with Crippen LogP contribution in [0.25, 0.3) is 11.4 Å². The lowest BCUT2D eigenvalue weighted by atomic mass is 9.96. The Kier molecular flexibility index (Phi) is 6.84. The molecular formula is C22H30FN5O2. The number of nitrogens with one attached hydrogen (secondary N) is 2. The van der Waals surface area contributed by atoms with Crippen LogP contribution in [-0.2, 0) is 22.6 Å². The van der Waals surface area contributed by atoms with Gasteiger partial charge in [0.2, 0.25) is 11.8 Å². The van der Waals surface area contributed by atoms with Crippen LogP contribution in [0.4, 0.5) is 10.1 Å². The number of hydrogen-bond acceptors (Lipinski definition) is 4. The number of rotatable bonds is 6. The Morgan fingerprint density at radius 2 is 1.97 bits per heavy atom. The van der Waals surface area contributed by atoms with Crippen LogP contribution in [0.15, 0.2) is 18.2 Å². The minimum absolute atomic E-state index is 0.0430. The molecule has 1 aromatic heterocycles. The maximum absolute atomic E-state index is 14.5. The first kappa shape index (κ1) is 21.9. The Balaban J connectivity index is 1.61. The number of aryl methyl sites for hydroxylation is 1. The Hall–Kier alpha value is -2.77. The minimum atomic E-state index is -0.452. The lowest BCUT2D eigenvalue weighted by Crippen LogP contribution is -2.35. The molecule has 0 spiro atoms. The maximum Gasteiger partial charge on any atom is 0.225 e. The van der Waals surface area contributed by atoms with Crippen LogP contribution in [0.2, 0.25) is 0 Å². The van der Waals surface area contributed by atoms with E-state index in [1.807, 2.05) is 25.3 Å². The number of aromatic nitrogens is 3. The van der Waals surface area contributed by atoms with E-state index in [4.69, 9.17) is 0 Å². The van der Waals surface area contributed by atoms with Crippen LogP contribution in [0.1, 0.15) is 58.7 Å². The Bertz CT molecular complexity index is 917.